The van der Waals surface area contributed by atoms with Crippen LogP contribution in [0.5, 0.6) is 5.75 Å². The van der Waals surface area contributed by atoms with Gasteiger partial charge in [-0.25, -0.2) is 14.1 Å². The third-order valence-corrected chi connectivity index (χ3v) is 6.06. The summed E-state index contributed by atoms with van der Waals surface area (Å²) in [6.45, 7) is 0.965. The summed E-state index contributed by atoms with van der Waals surface area (Å²) in [4.78, 5) is 39.9. The predicted octanol–water partition coefficient (Wildman–Crippen LogP) is 1.80. The van der Waals surface area contributed by atoms with Crippen LogP contribution in [0.1, 0.15) is 18.5 Å². The SMILES string of the molecule is CO[C@H](C)[C@@H](C(=O)Nc1ccc(I)cc1F)N1C(=O)N[C@H](c2ccc(OC[C@@H](O)CO)cc2)C1=O. The Kier molecular flexibility index (Phi) is 8.99. The number of rotatable bonds is 10. The molecule has 1 fully saturated rings. The first-order valence-electron chi connectivity index (χ1n) is 10.6. The fourth-order valence-corrected chi connectivity index (χ4v) is 3.90. The molecule has 35 heavy (non-hydrogen) atoms. The largest absolute Gasteiger partial charge is 0.491 e. The molecule has 1 aliphatic heterocycles. The maximum Gasteiger partial charge on any atom is 0.325 e. The Hall–Kier alpha value is -2.81. The number of amides is 4. The molecule has 1 aliphatic rings. The molecule has 4 amide bonds. The molecule has 2 aromatic rings. The fourth-order valence-electron chi connectivity index (χ4n) is 3.45. The van der Waals surface area contributed by atoms with E-state index >= 15 is 0 Å². The van der Waals surface area contributed by atoms with E-state index in [2.05, 4.69) is 10.6 Å². The lowest BCUT2D eigenvalue weighted by Gasteiger charge is -2.28. The number of aliphatic hydroxyl groups is 2. The van der Waals surface area contributed by atoms with E-state index in [0.717, 1.165) is 4.90 Å². The summed E-state index contributed by atoms with van der Waals surface area (Å²) in [5, 5.41) is 23.2. The van der Waals surface area contributed by atoms with Gasteiger partial charge >= 0.3 is 6.03 Å². The molecule has 4 atom stereocenters. The molecular formula is C23H25FIN3O7. The van der Waals surface area contributed by atoms with Gasteiger partial charge in [0, 0.05) is 10.7 Å². The number of halogens is 2. The number of urea groups is 1. The number of methoxy groups -OCH3 is 1. The smallest absolute Gasteiger partial charge is 0.325 e. The summed E-state index contributed by atoms with van der Waals surface area (Å²) in [6.07, 6.45) is -1.91. The lowest BCUT2D eigenvalue weighted by molar-refractivity contribution is -0.137. The number of aliphatic hydroxyl groups excluding tert-OH is 2. The van der Waals surface area contributed by atoms with Gasteiger partial charge < -0.3 is 30.3 Å². The van der Waals surface area contributed by atoms with Crippen LogP contribution in [-0.2, 0) is 14.3 Å². The fraction of sp³-hybridized carbons (Fsp3) is 0.348. The molecule has 188 valence electrons. The minimum Gasteiger partial charge on any atom is -0.491 e. The molecule has 10 nitrogen and oxygen atoms in total. The zero-order valence-corrected chi connectivity index (χ0v) is 21.1. The molecule has 0 bridgehead atoms. The monoisotopic (exact) mass is 601 g/mol. The molecule has 1 saturated heterocycles. The molecule has 0 radical (unpaired) electrons. The van der Waals surface area contributed by atoms with Gasteiger partial charge in [-0.3, -0.25) is 9.59 Å². The Morgan fingerprint density at radius 3 is 2.54 bits per heavy atom. The summed E-state index contributed by atoms with van der Waals surface area (Å²) in [5.41, 5.74) is 0.350. The number of ether oxygens (including phenoxy) is 2. The van der Waals surface area contributed by atoms with Crippen molar-refractivity contribution < 1.29 is 38.5 Å². The summed E-state index contributed by atoms with van der Waals surface area (Å²) in [6, 6.07) is 7.23. The Morgan fingerprint density at radius 1 is 1.26 bits per heavy atom. The van der Waals surface area contributed by atoms with Gasteiger partial charge in [0.1, 0.15) is 36.4 Å². The first kappa shape index (κ1) is 26.8. The Morgan fingerprint density at radius 2 is 1.94 bits per heavy atom. The second kappa shape index (κ2) is 11.7. The average molecular weight is 601 g/mol. The highest BCUT2D eigenvalue weighted by Crippen LogP contribution is 2.28. The zero-order chi connectivity index (χ0) is 25.7. The van der Waals surface area contributed by atoms with Crippen LogP contribution in [0.3, 0.4) is 0 Å². The zero-order valence-electron chi connectivity index (χ0n) is 18.9. The summed E-state index contributed by atoms with van der Waals surface area (Å²) < 4.78 is 25.5. The van der Waals surface area contributed by atoms with Crippen molar-refractivity contribution in [2.24, 2.45) is 0 Å². The highest BCUT2D eigenvalue weighted by atomic mass is 127. The highest BCUT2D eigenvalue weighted by molar-refractivity contribution is 14.1. The third kappa shape index (κ3) is 6.25. The van der Waals surface area contributed by atoms with Gasteiger partial charge in [-0.1, -0.05) is 12.1 Å². The summed E-state index contributed by atoms with van der Waals surface area (Å²) in [5.74, 6) is -1.72. The Bertz CT molecular complexity index is 1090. The van der Waals surface area contributed by atoms with Crippen LogP contribution in [0.15, 0.2) is 42.5 Å². The molecule has 3 rings (SSSR count). The maximum absolute atomic E-state index is 14.3. The second-order valence-electron chi connectivity index (χ2n) is 7.81. The summed E-state index contributed by atoms with van der Waals surface area (Å²) in [7, 11) is 1.33. The second-order valence-corrected chi connectivity index (χ2v) is 9.05. The van der Waals surface area contributed by atoms with Crippen LogP contribution in [0.25, 0.3) is 0 Å². The third-order valence-electron chi connectivity index (χ3n) is 5.39. The van der Waals surface area contributed by atoms with Crippen LogP contribution in [0.4, 0.5) is 14.9 Å². The molecule has 12 heteroatoms. The highest BCUT2D eigenvalue weighted by Gasteiger charge is 2.47. The van der Waals surface area contributed by atoms with Gasteiger partial charge in [0.15, 0.2) is 0 Å². The number of carbonyl (C=O) groups excluding carboxylic acids is 3. The predicted molar refractivity (Wildman–Crippen MR) is 131 cm³/mol. The molecule has 2 aromatic carbocycles. The summed E-state index contributed by atoms with van der Waals surface area (Å²) >= 11 is 1.93. The van der Waals surface area contributed by atoms with E-state index in [0.29, 0.717) is 14.9 Å². The van der Waals surface area contributed by atoms with Crippen LogP contribution in [-0.4, -0.2) is 71.5 Å². The van der Waals surface area contributed by atoms with Crippen molar-refractivity contribution in [2.75, 3.05) is 25.6 Å². The average Bonchev–Trinajstić information content (AvgIpc) is 3.13. The van der Waals surface area contributed by atoms with Gasteiger partial charge in [0.05, 0.1) is 18.4 Å². The molecule has 1 heterocycles. The Labute approximate surface area is 214 Å². The van der Waals surface area contributed by atoms with E-state index in [1.807, 2.05) is 22.6 Å². The molecule has 4 N–H and O–H groups in total. The number of anilines is 1. The Balaban J connectivity index is 1.79. The van der Waals surface area contributed by atoms with E-state index < -0.39 is 54.6 Å². The number of hydrogen-bond donors (Lipinski definition) is 4. The van der Waals surface area contributed by atoms with Gasteiger partial charge in [0.2, 0.25) is 0 Å². The van der Waals surface area contributed by atoms with Gasteiger partial charge in [-0.2, -0.15) is 0 Å². The minimum atomic E-state index is -1.36. The molecule has 0 spiro atoms. The van der Waals surface area contributed by atoms with Crippen molar-refractivity contribution in [3.8, 4) is 5.75 Å². The number of nitrogens with zero attached hydrogens (tertiary/aromatic N) is 1. The van der Waals surface area contributed by atoms with Crippen LogP contribution in [0, 0.1) is 9.39 Å². The van der Waals surface area contributed by atoms with Crippen molar-refractivity contribution in [1.29, 1.82) is 0 Å². The topological polar surface area (TPSA) is 137 Å². The quantitative estimate of drug-likeness (QED) is 0.241. The lowest BCUT2D eigenvalue weighted by Crippen LogP contribution is -2.53. The number of benzene rings is 2. The van der Waals surface area contributed by atoms with Crippen molar-refractivity contribution >= 4 is 46.1 Å². The van der Waals surface area contributed by atoms with Crippen molar-refractivity contribution in [3.05, 3.63) is 57.4 Å². The van der Waals surface area contributed by atoms with Crippen LogP contribution < -0.4 is 15.4 Å². The molecule has 0 aliphatic carbocycles. The van der Waals surface area contributed by atoms with Gasteiger partial charge in [0.25, 0.3) is 11.8 Å². The van der Waals surface area contributed by atoms with Crippen LogP contribution >= 0.6 is 22.6 Å². The molecule has 0 saturated carbocycles. The van der Waals surface area contributed by atoms with E-state index in [1.165, 1.54) is 26.2 Å². The van der Waals surface area contributed by atoms with Crippen molar-refractivity contribution in [3.63, 3.8) is 0 Å². The first-order valence-corrected chi connectivity index (χ1v) is 11.7. The normalized spacial score (nSPS) is 18.1. The molecule has 0 aromatic heterocycles. The number of nitrogens with one attached hydrogen (secondary N) is 2. The van der Waals surface area contributed by atoms with Gasteiger partial charge in [-0.05, 0) is 65.4 Å². The van der Waals surface area contributed by atoms with E-state index in [9.17, 15) is 23.9 Å². The maximum atomic E-state index is 14.3. The standard InChI is InChI=1S/C23H25FIN3O7/c1-12(34-2)20(21(31)26-18-8-5-14(25)9-17(18)24)28-22(32)19(27-23(28)33)13-3-6-16(7-4-13)35-11-15(30)10-29/h3-9,12,15,19-20,29-30H,10-11H2,1-2H3,(H,26,31)(H,27,33)/t12-,15+,19-,20+/m1/s1. The van der Waals surface area contributed by atoms with E-state index in [-0.39, 0.29) is 12.3 Å². The number of imide groups is 1. The molecular weight excluding hydrogens is 576 g/mol. The first-order chi connectivity index (χ1) is 16.7. The molecule has 0 unspecified atom stereocenters. The van der Waals surface area contributed by atoms with Crippen molar-refractivity contribution in [2.45, 2.75) is 31.2 Å². The van der Waals surface area contributed by atoms with E-state index in [1.54, 1.807) is 30.3 Å². The number of carbonyl (C=O) groups is 3. The lowest BCUT2D eigenvalue weighted by atomic mass is 10.0. The minimum absolute atomic E-state index is 0.0887. The number of hydrogen-bond acceptors (Lipinski definition) is 7. The van der Waals surface area contributed by atoms with Crippen LogP contribution in [0.2, 0.25) is 0 Å². The van der Waals surface area contributed by atoms with Gasteiger partial charge in [-0.15, -0.1) is 0 Å². The van der Waals surface area contributed by atoms with Crippen molar-refractivity contribution in [1.82, 2.24) is 10.2 Å². The van der Waals surface area contributed by atoms with E-state index in [4.69, 9.17) is 14.6 Å².